The lowest BCUT2D eigenvalue weighted by Gasteiger charge is -2.53. The number of carbonyl (C=O) groups excluding carboxylic acids is 3. The lowest BCUT2D eigenvalue weighted by atomic mass is 9.59. The summed E-state index contributed by atoms with van der Waals surface area (Å²) in [6.45, 7) is 11.0. The third-order valence-corrected chi connectivity index (χ3v) is 11.4. The zero-order valence-electron chi connectivity index (χ0n) is 27.8. The zero-order valence-corrected chi connectivity index (χ0v) is 27.8. The summed E-state index contributed by atoms with van der Waals surface area (Å²) in [4.78, 5) is 39.8. The summed E-state index contributed by atoms with van der Waals surface area (Å²) in [5, 5.41) is 34.9. The first-order valence-corrected chi connectivity index (χ1v) is 17.2. The molecule has 4 aliphatic carbocycles. The molecule has 0 unspecified atom stereocenters. The molecule has 8 heteroatoms. The first-order chi connectivity index (χ1) is 20.8. The molecule has 2 saturated carbocycles. The maximum Gasteiger partial charge on any atom is 0.306 e. The fourth-order valence-corrected chi connectivity index (χ4v) is 9.05. The van der Waals surface area contributed by atoms with Crippen molar-refractivity contribution in [2.75, 3.05) is 6.61 Å². The highest BCUT2D eigenvalue weighted by molar-refractivity contribution is 6.04. The molecule has 2 fully saturated rings. The van der Waals surface area contributed by atoms with Crippen LogP contribution >= 0.6 is 0 Å². The Hall–Kier alpha value is -2.03. The van der Waals surface area contributed by atoms with Crippen LogP contribution in [0.15, 0.2) is 23.3 Å². The van der Waals surface area contributed by atoms with Gasteiger partial charge in [-0.1, -0.05) is 98.1 Å². The van der Waals surface area contributed by atoms with Crippen molar-refractivity contribution in [2.45, 2.75) is 148 Å². The standard InChI is InChI=1S/C36H56O8/c1-7-9-10-11-12-13-14-15-16-18-29(39)44-36-30(33(36,5)6)26-20-25(22-37)21-34(41)27(19-23(3)31(34)40)35(26,42)24(4)32(36)43-28(38)17-8-2/h19-20,24,26-27,30,32,37,41-42H,7-18,21-22H2,1-6H3/t24-,26+,27-,30-,32-,34-,35-,36-/m1/s1. The number of unbranched alkanes of at least 4 members (excludes halogenated alkanes) is 8. The third-order valence-electron chi connectivity index (χ3n) is 11.4. The van der Waals surface area contributed by atoms with Gasteiger partial charge in [-0.05, 0) is 30.9 Å². The van der Waals surface area contributed by atoms with Crippen LogP contribution in [0.2, 0.25) is 0 Å². The number of esters is 2. The number of rotatable bonds is 15. The Kier molecular flexibility index (Phi) is 10.6. The number of aliphatic hydroxyl groups is 3. The fraction of sp³-hybridized carbons (Fsp3) is 0.806. The predicted octanol–water partition coefficient (Wildman–Crippen LogP) is 5.75. The molecule has 4 rings (SSSR count). The Morgan fingerprint density at radius 1 is 0.909 bits per heavy atom. The summed E-state index contributed by atoms with van der Waals surface area (Å²) in [5.74, 6) is -4.16. The molecule has 8 nitrogen and oxygen atoms in total. The molecule has 0 heterocycles. The van der Waals surface area contributed by atoms with E-state index >= 15 is 0 Å². The predicted molar refractivity (Wildman–Crippen MR) is 167 cm³/mol. The monoisotopic (exact) mass is 616 g/mol. The summed E-state index contributed by atoms with van der Waals surface area (Å²) < 4.78 is 12.6. The summed E-state index contributed by atoms with van der Waals surface area (Å²) in [7, 11) is 0. The van der Waals surface area contributed by atoms with Gasteiger partial charge in [0.1, 0.15) is 11.7 Å². The Morgan fingerprint density at radius 2 is 1.52 bits per heavy atom. The molecule has 0 aromatic carbocycles. The van der Waals surface area contributed by atoms with Crippen LogP contribution in [0.3, 0.4) is 0 Å². The van der Waals surface area contributed by atoms with Crippen LogP contribution in [0.4, 0.5) is 0 Å². The van der Waals surface area contributed by atoms with Gasteiger partial charge < -0.3 is 24.8 Å². The molecular weight excluding hydrogens is 560 g/mol. The van der Waals surface area contributed by atoms with Crippen LogP contribution < -0.4 is 0 Å². The highest BCUT2D eigenvalue weighted by Gasteiger charge is 2.87. The number of hydrogen-bond donors (Lipinski definition) is 3. The van der Waals surface area contributed by atoms with E-state index in [0.717, 1.165) is 19.3 Å². The topological polar surface area (TPSA) is 130 Å². The van der Waals surface area contributed by atoms with Gasteiger partial charge in [-0.25, -0.2) is 0 Å². The number of carbonyl (C=O) groups is 3. The van der Waals surface area contributed by atoms with Crippen molar-refractivity contribution in [2.24, 2.45) is 29.1 Å². The minimum absolute atomic E-state index is 0.106. The lowest BCUT2D eigenvalue weighted by molar-refractivity contribution is -0.229. The number of Topliss-reactive ketones (excluding diaryl/α,β-unsaturated/α-hetero) is 1. The smallest absolute Gasteiger partial charge is 0.306 e. The largest absolute Gasteiger partial charge is 0.458 e. The van der Waals surface area contributed by atoms with Crippen molar-refractivity contribution in [3.8, 4) is 0 Å². The van der Waals surface area contributed by atoms with Gasteiger partial charge in [0.15, 0.2) is 11.4 Å². The van der Waals surface area contributed by atoms with Gasteiger partial charge in [0.2, 0.25) is 0 Å². The molecule has 0 bridgehead atoms. The first-order valence-electron chi connectivity index (χ1n) is 17.2. The van der Waals surface area contributed by atoms with Crippen LogP contribution in [0.25, 0.3) is 0 Å². The summed E-state index contributed by atoms with van der Waals surface area (Å²) in [6, 6.07) is 0. The molecule has 3 N–H and O–H groups in total. The molecular formula is C36H56O8. The van der Waals surface area contributed by atoms with E-state index in [9.17, 15) is 29.7 Å². The van der Waals surface area contributed by atoms with Crippen molar-refractivity contribution >= 4 is 17.7 Å². The van der Waals surface area contributed by atoms with Gasteiger partial charge in [0.05, 0.1) is 12.2 Å². The second kappa shape index (κ2) is 13.4. The van der Waals surface area contributed by atoms with Gasteiger partial charge in [-0.2, -0.15) is 0 Å². The number of ether oxygens (including phenoxy) is 2. The quantitative estimate of drug-likeness (QED) is 0.120. The maximum absolute atomic E-state index is 13.5. The molecule has 0 saturated heterocycles. The molecule has 0 spiro atoms. The van der Waals surface area contributed by atoms with E-state index in [4.69, 9.17) is 9.47 Å². The zero-order chi connectivity index (χ0) is 32.5. The molecule has 44 heavy (non-hydrogen) atoms. The molecule has 0 aromatic rings. The Balaban J connectivity index is 1.62. The number of aliphatic hydroxyl groups excluding tert-OH is 1. The molecule has 0 radical (unpaired) electrons. The lowest BCUT2D eigenvalue weighted by Crippen LogP contribution is -2.66. The molecule has 0 aliphatic heterocycles. The highest BCUT2D eigenvalue weighted by Crippen LogP contribution is 2.77. The van der Waals surface area contributed by atoms with Crippen LogP contribution in [0.5, 0.6) is 0 Å². The first kappa shape index (κ1) is 34.8. The Bertz CT molecular complexity index is 1150. The van der Waals surface area contributed by atoms with Crippen LogP contribution in [-0.2, 0) is 23.9 Å². The molecule has 8 atom stereocenters. The summed E-state index contributed by atoms with van der Waals surface area (Å²) >= 11 is 0. The molecule has 0 aromatic heterocycles. The van der Waals surface area contributed by atoms with E-state index in [0.29, 0.717) is 24.0 Å². The highest BCUT2D eigenvalue weighted by atomic mass is 16.6. The number of fused-ring (bicyclic) bond motifs is 5. The third kappa shape index (κ3) is 5.72. The van der Waals surface area contributed by atoms with Crippen molar-refractivity contribution in [3.05, 3.63) is 23.3 Å². The minimum atomic E-state index is -1.93. The average Bonchev–Trinajstić information content (AvgIpc) is 3.40. The van der Waals surface area contributed by atoms with Gasteiger partial charge >= 0.3 is 11.9 Å². The van der Waals surface area contributed by atoms with Crippen molar-refractivity contribution in [1.29, 1.82) is 0 Å². The van der Waals surface area contributed by atoms with E-state index in [1.807, 2.05) is 20.8 Å². The number of hydrogen-bond acceptors (Lipinski definition) is 8. The molecule has 0 amide bonds. The minimum Gasteiger partial charge on any atom is -0.458 e. The number of ketones is 1. The second-order valence-electron chi connectivity index (χ2n) is 14.6. The summed E-state index contributed by atoms with van der Waals surface area (Å²) in [6.07, 6.45) is 13.5. The molecule has 248 valence electrons. The molecule has 4 aliphatic rings. The maximum atomic E-state index is 13.5. The van der Waals surface area contributed by atoms with Gasteiger partial charge in [0.25, 0.3) is 0 Å². The second-order valence-corrected chi connectivity index (χ2v) is 14.6. The van der Waals surface area contributed by atoms with Crippen LogP contribution in [0, 0.1) is 29.1 Å². The summed E-state index contributed by atoms with van der Waals surface area (Å²) in [5.41, 5.74) is -4.70. The van der Waals surface area contributed by atoms with E-state index in [-0.39, 0.29) is 31.8 Å². The van der Waals surface area contributed by atoms with Crippen LogP contribution in [-0.4, -0.2) is 62.6 Å². The van der Waals surface area contributed by atoms with E-state index in [2.05, 4.69) is 6.92 Å². The average molecular weight is 617 g/mol. The van der Waals surface area contributed by atoms with Crippen LogP contribution in [0.1, 0.15) is 125 Å². The normalized spacial score (nSPS) is 36.8. The fourth-order valence-electron chi connectivity index (χ4n) is 9.05. The van der Waals surface area contributed by atoms with E-state index in [1.165, 1.54) is 32.1 Å². The van der Waals surface area contributed by atoms with E-state index in [1.54, 1.807) is 26.0 Å². The van der Waals surface area contributed by atoms with Crippen molar-refractivity contribution in [3.63, 3.8) is 0 Å². The van der Waals surface area contributed by atoms with Crippen molar-refractivity contribution < 1.29 is 39.2 Å². The van der Waals surface area contributed by atoms with E-state index < -0.39 is 63.7 Å². The van der Waals surface area contributed by atoms with Gasteiger partial charge in [-0.15, -0.1) is 0 Å². The van der Waals surface area contributed by atoms with Gasteiger partial charge in [0, 0.05) is 48.3 Å². The SMILES string of the molecule is CCCCCCCCCCCC(=O)O[C@@]12[C@H](OC(=O)CCC)[C@@H](C)[C@@]3(O)[C@@H](C=C(CO)C[C@]4(O)C(=O)C(C)=C[C@@H]34)[C@@H]1C2(C)C. The Morgan fingerprint density at radius 3 is 2.11 bits per heavy atom. The van der Waals surface area contributed by atoms with Crippen molar-refractivity contribution in [1.82, 2.24) is 0 Å². The van der Waals surface area contributed by atoms with Gasteiger partial charge in [-0.3, -0.25) is 14.4 Å². The Labute approximate surface area is 263 Å².